The molecule has 0 unspecified atom stereocenters. The largest absolute Gasteiger partial charge is 0.497 e. The number of anilines is 1. The van der Waals surface area contributed by atoms with Crippen LogP contribution in [0.2, 0.25) is 0 Å². The van der Waals surface area contributed by atoms with Crippen LogP contribution in [0.25, 0.3) is 11.3 Å². The van der Waals surface area contributed by atoms with Gasteiger partial charge in [-0.05, 0) is 42.8 Å². The molecule has 0 atom stereocenters. The van der Waals surface area contributed by atoms with E-state index in [0.29, 0.717) is 32.5 Å². The van der Waals surface area contributed by atoms with Crippen LogP contribution in [0.5, 0.6) is 11.5 Å². The molecular formula is C25H28N4O3. The molecule has 0 aliphatic carbocycles. The number of hydrogen-bond acceptors (Lipinski definition) is 6. The Balaban J connectivity index is 1.19. The second kappa shape index (κ2) is 10.6. The van der Waals surface area contributed by atoms with Crippen LogP contribution in [0.1, 0.15) is 12.8 Å². The third-order valence-corrected chi connectivity index (χ3v) is 5.54. The Hall–Kier alpha value is -3.61. The first-order valence-electron chi connectivity index (χ1n) is 10.9. The number of methoxy groups -OCH3 is 1. The van der Waals surface area contributed by atoms with Gasteiger partial charge in [-0.25, -0.2) is 0 Å². The van der Waals surface area contributed by atoms with E-state index in [1.807, 2.05) is 71.6 Å². The number of piperazine rings is 1. The number of carbonyl (C=O) groups excluding carboxylic acids is 1. The molecule has 0 saturated carbocycles. The molecular weight excluding hydrogens is 404 g/mol. The molecule has 4 rings (SSSR count). The van der Waals surface area contributed by atoms with E-state index in [2.05, 4.69) is 15.1 Å². The van der Waals surface area contributed by atoms with Gasteiger partial charge in [-0.15, -0.1) is 10.2 Å². The zero-order valence-electron chi connectivity index (χ0n) is 18.3. The summed E-state index contributed by atoms with van der Waals surface area (Å²) in [5, 5.41) is 8.77. The second-order valence-corrected chi connectivity index (χ2v) is 7.64. The molecule has 7 nitrogen and oxygen atoms in total. The standard InChI is InChI=1S/C25H28N4O3/c1-31-21-9-11-22(12-10-21)32-19-5-8-25(30)29-17-15-28(16-18-29)24-14-13-23(26-27-24)20-6-3-2-4-7-20/h2-4,6-7,9-14H,5,8,15-19H2,1H3. The summed E-state index contributed by atoms with van der Waals surface area (Å²) >= 11 is 0. The number of benzene rings is 2. The van der Waals surface area contributed by atoms with Crippen molar-refractivity contribution >= 4 is 11.7 Å². The zero-order chi connectivity index (χ0) is 22.2. The summed E-state index contributed by atoms with van der Waals surface area (Å²) in [5.74, 6) is 2.61. The summed E-state index contributed by atoms with van der Waals surface area (Å²) in [5.41, 5.74) is 1.91. The van der Waals surface area contributed by atoms with Gasteiger partial charge in [0.05, 0.1) is 19.4 Å². The Labute approximate surface area is 188 Å². The Bertz CT molecular complexity index is 986. The second-order valence-electron chi connectivity index (χ2n) is 7.64. The Kier molecular flexibility index (Phi) is 7.17. The van der Waals surface area contributed by atoms with E-state index in [0.717, 1.165) is 41.7 Å². The Morgan fingerprint density at radius 3 is 2.25 bits per heavy atom. The fraction of sp³-hybridized carbons (Fsp3) is 0.320. The highest BCUT2D eigenvalue weighted by Crippen LogP contribution is 2.20. The lowest BCUT2D eigenvalue weighted by Crippen LogP contribution is -2.49. The third-order valence-electron chi connectivity index (χ3n) is 5.54. The molecule has 1 fully saturated rings. The molecule has 0 spiro atoms. The molecule has 2 heterocycles. The molecule has 1 aliphatic heterocycles. The molecule has 166 valence electrons. The Morgan fingerprint density at radius 2 is 1.59 bits per heavy atom. The zero-order valence-corrected chi connectivity index (χ0v) is 18.3. The predicted molar refractivity (Wildman–Crippen MR) is 124 cm³/mol. The Morgan fingerprint density at radius 1 is 0.875 bits per heavy atom. The predicted octanol–water partition coefficient (Wildman–Crippen LogP) is 3.66. The summed E-state index contributed by atoms with van der Waals surface area (Å²) in [6.45, 7) is 3.42. The normalized spacial score (nSPS) is 13.7. The van der Waals surface area contributed by atoms with Crippen molar-refractivity contribution in [3.05, 3.63) is 66.7 Å². The maximum atomic E-state index is 12.5. The summed E-state index contributed by atoms with van der Waals surface area (Å²) in [6.07, 6.45) is 1.18. The van der Waals surface area contributed by atoms with Crippen LogP contribution in [-0.4, -0.2) is 60.9 Å². The van der Waals surface area contributed by atoms with E-state index >= 15 is 0 Å². The van der Waals surface area contributed by atoms with Crippen LogP contribution >= 0.6 is 0 Å². The summed E-state index contributed by atoms with van der Waals surface area (Å²) in [7, 11) is 1.64. The first kappa shape index (κ1) is 21.6. The first-order chi connectivity index (χ1) is 15.7. The maximum absolute atomic E-state index is 12.5. The molecule has 1 amide bonds. The van der Waals surface area contributed by atoms with Gasteiger partial charge in [0, 0.05) is 38.2 Å². The smallest absolute Gasteiger partial charge is 0.222 e. The number of rotatable bonds is 8. The minimum absolute atomic E-state index is 0.175. The highest BCUT2D eigenvalue weighted by atomic mass is 16.5. The van der Waals surface area contributed by atoms with Crippen LogP contribution in [0.3, 0.4) is 0 Å². The van der Waals surface area contributed by atoms with E-state index in [1.165, 1.54) is 0 Å². The molecule has 1 aliphatic rings. The number of nitrogens with zero attached hydrogens (tertiary/aromatic N) is 4. The van der Waals surface area contributed by atoms with Crippen LogP contribution < -0.4 is 14.4 Å². The summed E-state index contributed by atoms with van der Waals surface area (Å²) in [4.78, 5) is 16.7. The minimum atomic E-state index is 0.175. The molecule has 1 aromatic heterocycles. The van der Waals surface area contributed by atoms with E-state index in [1.54, 1.807) is 7.11 Å². The SMILES string of the molecule is COc1ccc(OCCCC(=O)N2CCN(c3ccc(-c4ccccc4)nn3)CC2)cc1. The van der Waals surface area contributed by atoms with Crippen molar-refractivity contribution in [3.63, 3.8) is 0 Å². The van der Waals surface area contributed by atoms with Gasteiger partial charge in [-0.2, -0.15) is 0 Å². The van der Waals surface area contributed by atoms with Gasteiger partial charge in [0.25, 0.3) is 0 Å². The van der Waals surface area contributed by atoms with Gasteiger partial charge in [0.2, 0.25) is 5.91 Å². The number of ether oxygens (including phenoxy) is 2. The van der Waals surface area contributed by atoms with Crippen molar-refractivity contribution < 1.29 is 14.3 Å². The van der Waals surface area contributed by atoms with E-state index < -0.39 is 0 Å². The monoisotopic (exact) mass is 432 g/mol. The summed E-state index contributed by atoms with van der Waals surface area (Å²) in [6, 6.07) is 21.5. The molecule has 3 aromatic rings. The lowest BCUT2D eigenvalue weighted by atomic mass is 10.1. The quantitative estimate of drug-likeness (QED) is 0.506. The molecule has 0 N–H and O–H groups in total. The fourth-order valence-corrected chi connectivity index (χ4v) is 3.69. The van der Waals surface area contributed by atoms with Crippen molar-refractivity contribution in [2.45, 2.75) is 12.8 Å². The summed E-state index contributed by atoms with van der Waals surface area (Å²) < 4.78 is 10.8. The highest BCUT2D eigenvalue weighted by Gasteiger charge is 2.21. The van der Waals surface area contributed by atoms with Crippen LogP contribution in [0.15, 0.2) is 66.7 Å². The number of aromatic nitrogens is 2. The van der Waals surface area contributed by atoms with Crippen LogP contribution in [-0.2, 0) is 4.79 Å². The van der Waals surface area contributed by atoms with E-state index in [9.17, 15) is 4.79 Å². The van der Waals surface area contributed by atoms with Gasteiger partial charge in [-0.1, -0.05) is 30.3 Å². The van der Waals surface area contributed by atoms with Gasteiger partial charge in [0.15, 0.2) is 5.82 Å². The van der Waals surface area contributed by atoms with Gasteiger partial charge < -0.3 is 19.3 Å². The van der Waals surface area contributed by atoms with Gasteiger partial charge in [0.1, 0.15) is 11.5 Å². The average molecular weight is 433 g/mol. The number of carbonyl (C=O) groups is 1. The highest BCUT2D eigenvalue weighted by molar-refractivity contribution is 5.76. The van der Waals surface area contributed by atoms with Crippen LogP contribution in [0, 0.1) is 0 Å². The van der Waals surface area contributed by atoms with Crippen molar-refractivity contribution in [1.82, 2.24) is 15.1 Å². The van der Waals surface area contributed by atoms with Crippen molar-refractivity contribution in [3.8, 4) is 22.8 Å². The lowest BCUT2D eigenvalue weighted by molar-refractivity contribution is -0.131. The molecule has 0 radical (unpaired) electrons. The molecule has 2 aromatic carbocycles. The van der Waals surface area contributed by atoms with Crippen molar-refractivity contribution in [2.24, 2.45) is 0 Å². The third kappa shape index (κ3) is 5.55. The van der Waals surface area contributed by atoms with Gasteiger partial charge >= 0.3 is 0 Å². The van der Waals surface area contributed by atoms with E-state index in [-0.39, 0.29) is 5.91 Å². The number of amides is 1. The minimum Gasteiger partial charge on any atom is -0.497 e. The lowest BCUT2D eigenvalue weighted by Gasteiger charge is -2.35. The number of hydrogen-bond donors (Lipinski definition) is 0. The topological polar surface area (TPSA) is 67.8 Å². The molecule has 32 heavy (non-hydrogen) atoms. The maximum Gasteiger partial charge on any atom is 0.222 e. The first-order valence-corrected chi connectivity index (χ1v) is 10.9. The van der Waals surface area contributed by atoms with Crippen molar-refractivity contribution in [1.29, 1.82) is 0 Å². The fourth-order valence-electron chi connectivity index (χ4n) is 3.69. The molecule has 1 saturated heterocycles. The van der Waals surface area contributed by atoms with Gasteiger partial charge in [-0.3, -0.25) is 4.79 Å². The molecule has 7 heteroatoms. The average Bonchev–Trinajstić information content (AvgIpc) is 2.87. The van der Waals surface area contributed by atoms with Crippen molar-refractivity contribution in [2.75, 3.05) is 44.8 Å². The molecule has 0 bridgehead atoms. The van der Waals surface area contributed by atoms with Crippen LogP contribution in [0.4, 0.5) is 5.82 Å². The van der Waals surface area contributed by atoms with E-state index in [4.69, 9.17) is 9.47 Å².